The molecule has 3 aliphatic rings. The van der Waals surface area contributed by atoms with Gasteiger partial charge in [0.05, 0.1) is 42.1 Å². The molecular weight excluding hydrogens is 448 g/mol. The standard InChI is InChI=1S/C24H21F2N3O5/c1-2-24(33)17-6-19-20-15(8-29(19)21(31)16(17)9-34-22(24)32)14(7-28-10-23(25,26)11-28)13-5-12(30)3-4-18(13)27-20/h3-6,30,33H,2,7-11H2,1H3/t24-/m0/s1. The molecule has 34 heavy (non-hydrogen) atoms. The summed E-state index contributed by atoms with van der Waals surface area (Å²) < 4.78 is 33.7. The normalized spacial score (nSPS) is 22.6. The highest BCUT2D eigenvalue weighted by Crippen LogP contribution is 2.41. The Labute approximate surface area is 192 Å². The molecule has 10 heteroatoms. The number of phenolic OH excluding ortho intramolecular Hbond substituents is 1. The zero-order valence-electron chi connectivity index (χ0n) is 18.3. The van der Waals surface area contributed by atoms with E-state index in [1.165, 1.54) is 10.6 Å². The zero-order valence-corrected chi connectivity index (χ0v) is 18.3. The summed E-state index contributed by atoms with van der Waals surface area (Å²) in [5.41, 5.74) is 1.01. The molecule has 0 saturated carbocycles. The first kappa shape index (κ1) is 21.2. The lowest BCUT2D eigenvalue weighted by Crippen LogP contribution is -2.55. The first-order valence-corrected chi connectivity index (χ1v) is 11.0. The number of aromatic nitrogens is 2. The molecule has 8 nitrogen and oxygen atoms in total. The number of fused-ring (bicyclic) bond motifs is 5. The number of carbonyl (C=O) groups excluding carboxylic acids is 1. The van der Waals surface area contributed by atoms with E-state index in [1.54, 1.807) is 30.0 Å². The second-order valence-electron chi connectivity index (χ2n) is 9.22. The Morgan fingerprint density at radius 1 is 1.18 bits per heavy atom. The number of nitrogens with zero attached hydrogens (tertiary/aromatic N) is 3. The third kappa shape index (κ3) is 2.85. The molecule has 3 aromatic rings. The van der Waals surface area contributed by atoms with Crippen molar-refractivity contribution in [3.8, 4) is 17.1 Å². The highest BCUT2D eigenvalue weighted by atomic mass is 19.3. The number of phenols is 1. The number of aromatic hydroxyl groups is 1. The number of alkyl halides is 2. The molecule has 1 saturated heterocycles. The molecule has 176 valence electrons. The first-order valence-electron chi connectivity index (χ1n) is 11.0. The molecule has 0 spiro atoms. The van der Waals surface area contributed by atoms with Crippen molar-refractivity contribution in [1.82, 2.24) is 14.5 Å². The number of benzene rings is 1. The molecule has 1 aromatic carbocycles. The Kier molecular flexibility index (Phi) is 4.26. The Hall–Kier alpha value is -3.37. The van der Waals surface area contributed by atoms with Crippen molar-refractivity contribution in [3.63, 3.8) is 0 Å². The number of hydrogen-bond donors (Lipinski definition) is 2. The number of halogens is 2. The van der Waals surface area contributed by atoms with Crippen molar-refractivity contribution in [2.24, 2.45) is 0 Å². The maximum absolute atomic E-state index is 13.5. The number of likely N-dealkylation sites (tertiary alicyclic amines) is 1. The number of carbonyl (C=O) groups is 1. The molecule has 0 radical (unpaired) electrons. The van der Waals surface area contributed by atoms with Gasteiger partial charge in [0.15, 0.2) is 5.60 Å². The fraction of sp³-hybridized carbons (Fsp3) is 0.375. The molecule has 3 aliphatic heterocycles. The van der Waals surface area contributed by atoms with Gasteiger partial charge in [0.25, 0.3) is 11.5 Å². The minimum Gasteiger partial charge on any atom is -0.508 e. The van der Waals surface area contributed by atoms with Crippen LogP contribution < -0.4 is 5.56 Å². The third-order valence-electron chi connectivity index (χ3n) is 7.08. The fourth-order valence-electron chi connectivity index (χ4n) is 5.27. The molecule has 1 fully saturated rings. The van der Waals surface area contributed by atoms with E-state index in [1.807, 2.05) is 0 Å². The number of rotatable bonds is 3. The number of cyclic esters (lactones) is 1. The van der Waals surface area contributed by atoms with Crippen LogP contribution in [0.5, 0.6) is 5.75 Å². The Morgan fingerprint density at radius 3 is 2.65 bits per heavy atom. The van der Waals surface area contributed by atoms with Gasteiger partial charge in [-0.15, -0.1) is 0 Å². The van der Waals surface area contributed by atoms with Crippen molar-refractivity contribution in [1.29, 1.82) is 0 Å². The second kappa shape index (κ2) is 6.83. The van der Waals surface area contributed by atoms with Crippen LogP contribution in [-0.2, 0) is 34.8 Å². The van der Waals surface area contributed by atoms with E-state index in [-0.39, 0.29) is 56.1 Å². The summed E-state index contributed by atoms with van der Waals surface area (Å²) in [6.45, 7) is 1.04. The van der Waals surface area contributed by atoms with Crippen LogP contribution in [0.4, 0.5) is 8.78 Å². The van der Waals surface area contributed by atoms with Crippen LogP contribution >= 0.6 is 0 Å². The molecule has 0 aliphatic carbocycles. The maximum Gasteiger partial charge on any atom is 0.343 e. The molecule has 0 amide bonds. The van der Waals surface area contributed by atoms with Crippen molar-refractivity contribution >= 4 is 16.9 Å². The SMILES string of the molecule is CC[C@@]1(O)C(=O)OCc2c1cc1n(c2=O)Cc2c-1nc1ccc(O)cc1c2CN1CC(F)(F)C1. The monoisotopic (exact) mass is 469 g/mol. The van der Waals surface area contributed by atoms with Crippen molar-refractivity contribution < 1.29 is 28.5 Å². The molecule has 6 rings (SSSR count). The van der Waals surface area contributed by atoms with E-state index in [0.717, 1.165) is 0 Å². The van der Waals surface area contributed by atoms with Gasteiger partial charge in [0, 0.05) is 23.1 Å². The van der Waals surface area contributed by atoms with Gasteiger partial charge in [0.1, 0.15) is 12.4 Å². The maximum atomic E-state index is 13.5. The zero-order chi connectivity index (χ0) is 24.0. The molecular formula is C24H21F2N3O5. The molecule has 5 heterocycles. The van der Waals surface area contributed by atoms with Crippen molar-refractivity contribution in [2.75, 3.05) is 13.1 Å². The van der Waals surface area contributed by atoms with Gasteiger partial charge in [-0.25, -0.2) is 18.6 Å². The van der Waals surface area contributed by atoms with Crippen LogP contribution in [0, 0.1) is 0 Å². The molecule has 0 unspecified atom stereocenters. The second-order valence-corrected chi connectivity index (χ2v) is 9.22. The summed E-state index contributed by atoms with van der Waals surface area (Å²) in [5, 5.41) is 21.7. The van der Waals surface area contributed by atoms with E-state index < -0.39 is 23.1 Å². The highest BCUT2D eigenvalue weighted by molar-refractivity contribution is 5.89. The number of esters is 1. The number of ether oxygens (including phenoxy) is 1. The smallest absolute Gasteiger partial charge is 0.343 e. The Morgan fingerprint density at radius 2 is 1.94 bits per heavy atom. The molecule has 1 atom stereocenters. The van der Waals surface area contributed by atoms with Crippen LogP contribution in [0.1, 0.15) is 35.6 Å². The lowest BCUT2D eigenvalue weighted by atomic mass is 9.86. The van der Waals surface area contributed by atoms with E-state index in [9.17, 15) is 28.6 Å². The van der Waals surface area contributed by atoms with Gasteiger partial charge in [-0.05, 0) is 36.2 Å². The largest absolute Gasteiger partial charge is 0.508 e. The summed E-state index contributed by atoms with van der Waals surface area (Å²) in [6.07, 6.45) is 0.0351. The van der Waals surface area contributed by atoms with Crippen molar-refractivity contribution in [3.05, 3.63) is 56.9 Å². The number of hydrogen-bond acceptors (Lipinski definition) is 7. The first-order chi connectivity index (χ1) is 16.1. The lowest BCUT2D eigenvalue weighted by molar-refractivity contribution is -0.172. The molecule has 2 aromatic heterocycles. The minimum atomic E-state index is -2.73. The summed E-state index contributed by atoms with van der Waals surface area (Å²) in [6, 6.07) is 6.30. The summed E-state index contributed by atoms with van der Waals surface area (Å²) >= 11 is 0. The number of pyridine rings is 2. The van der Waals surface area contributed by atoms with Gasteiger partial charge in [-0.2, -0.15) is 0 Å². The predicted molar refractivity (Wildman–Crippen MR) is 116 cm³/mol. The summed E-state index contributed by atoms with van der Waals surface area (Å²) in [5.74, 6) is -3.51. The Balaban J connectivity index is 1.57. The van der Waals surface area contributed by atoms with Crippen LogP contribution in [0.3, 0.4) is 0 Å². The van der Waals surface area contributed by atoms with Gasteiger partial charge < -0.3 is 19.5 Å². The van der Waals surface area contributed by atoms with Gasteiger partial charge in [-0.1, -0.05) is 6.92 Å². The topological polar surface area (TPSA) is 105 Å². The minimum absolute atomic E-state index is 0.0243. The van der Waals surface area contributed by atoms with Gasteiger partial charge >= 0.3 is 5.97 Å². The quantitative estimate of drug-likeness (QED) is 0.444. The van der Waals surface area contributed by atoms with E-state index in [2.05, 4.69) is 0 Å². The predicted octanol–water partition coefficient (Wildman–Crippen LogP) is 2.24. The third-order valence-corrected chi connectivity index (χ3v) is 7.08. The highest BCUT2D eigenvalue weighted by Gasteiger charge is 2.46. The molecule has 2 N–H and O–H groups in total. The van der Waals surface area contributed by atoms with E-state index in [4.69, 9.17) is 9.72 Å². The average Bonchev–Trinajstić information content (AvgIpc) is 3.14. The summed E-state index contributed by atoms with van der Waals surface area (Å²) in [4.78, 5) is 32.1. The lowest BCUT2D eigenvalue weighted by Gasteiger charge is -2.39. The summed E-state index contributed by atoms with van der Waals surface area (Å²) in [7, 11) is 0. The average molecular weight is 469 g/mol. The fourth-order valence-corrected chi connectivity index (χ4v) is 5.27. The van der Waals surface area contributed by atoms with Crippen LogP contribution in [0.25, 0.3) is 22.3 Å². The van der Waals surface area contributed by atoms with Gasteiger partial charge in [0.2, 0.25) is 0 Å². The van der Waals surface area contributed by atoms with E-state index in [0.29, 0.717) is 33.4 Å². The van der Waals surface area contributed by atoms with Crippen LogP contribution in [-0.4, -0.2) is 49.6 Å². The van der Waals surface area contributed by atoms with Crippen LogP contribution in [0.2, 0.25) is 0 Å². The van der Waals surface area contributed by atoms with Gasteiger partial charge in [-0.3, -0.25) is 9.69 Å². The molecule has 0 bridgehead atoms. The van der Waals surface area contributed by atoms with Crippen LogP contribution in [0.15, 0.2) is 29.1 Å². The Bertz CT molecular complexity index is 1460. The number of aliphatic hydroxyl groups is 1. The van der Waals surface area contributed by atoms with Crippen molar-refractivity contribution in [2.45, 2.75) is 44.6 Å². The van der Waals surface area contributed by atoms with E-state index >= 15 is 0 Å².